The summed E-state index contributed by atoms with van der Waals surface area (Å²) in [5.74, 6) is -0.531. The van der Waals surface area contributed by atoms with E-state index in [0.717, 1.165) is 43.2 Å². The van der Waals surface area contributed by atoms with Gasteiger partial charge in [-0.15, -0.1) is 0 Å². The van der Waals surface area contributed by atoms with Crippen LogP contribution in [0.4, 0.5) is 9.18 Å². The molecule has 7 heteroatoms. The minimum Gasteiger partial charge on any atom is -0.465 e. The summed E-state index contributed by atoms with van der Waals surface area (Å²) in [6, 6.07) is 15.2. The fraction of sp³-hybridized carbons (Fsp3) is 0.440. The minimum absolute atomic E-state index is 0.0167. The second-order valence-electron chi connectivity index (χ2n) is 8.90. The van der Waals surface area contributed by atoms with E-state index in [-0.39, 0.29) is 23.3 Å². The molecule has 2 aromatic carbocycles. The van der Waals surface area contributed by atoms with Gasteiger partial charge in [0.1, 0.15) is 11.9 Å². The highest BCUT2D eigenvalue weighted by Crippen LogP contribution is 2.35. The Hall–Kier alpha value is -2.93. The van der Waals surface area contributed by atoms with Crippen molar-refractivity contribution in [3.8, 4) is 0 Å². The molecule has 1 saturated carbocycles. The third kappa shape index (κ3) is 6.29. The van der Waals surface area contributed by atoms with Crippen LogP contribution in [0.3, 0.4) is 0 Å². The van der Waals surface area contributed by atoms with Crippen molar-refractivity contribution in [2.45, 2.75) is 56.1 Å². The molecule has 6 nitrogen and oxygen atoms in total. The summed E-state index contributed by atoms with van der Waals surface area (Å²) in [5.41, 5.74) is 1.76. The summed E-state index contributed by atoms with van der Waals surface area (Å²) in [7, 11) is 4.09. The molecule has 0 saturated heterocycles. The van der Waals surface area contributed by atoms with Crippen LogP contribution in [-0.2, 0) is 17.6 Å². The predicted octanol–water partition coefficient (Wildman–Crippen LogP) is 3.61. The fourth-order valence-corrected chi connectivity index (χ4v) is 4.62. The van der Waals surface area contributed by atoms with Gasteiger partial charge in [0, 0.05) is 18.0 Å². The van der Waals surface area contributed by atoms with Crippen molar-refractivity contribution in [1.82, 2.24) is 15.5 Å². The number of amides is 2. The van der Waals surface area contributed by atoms with Crippen molar-refractivity contribution in [1.29, 1.82) is 0 Å². The number of nitrogens with one attached hydrogen (secondary N) is 2. The topological polar surface area (TPSA) is 81.7 Å². The van der Waals surface area contributed by atoms with Crippen LogP contribution < -0.4 is 10.6 Å². The van der Waals surface area contributed by atoms with E-state index in [4.69, 9.17) is 0 Å². The van der Waals surface area contributed by atoms with E-state index >= 15 is 0 Å². The van der Waals surface area contributed by atoms with Crippen molar-refractivity contribution in [3.05, 3.63) is 71.5 Å². The van der Waals surface area contributed by atoms with Gasteiger partial charge in [0.2, 0.25) is 5.91 Å². The first-order chi connectivity index (χ1) is 15.3. The quantitative estimate of drug-likeness (QED) is 0.585. The normalized spacial score (nSPS) is 21.7. The lowest BCUT2D eigenvalue weighted by molar-refractivity contribution is -0.124. The van der Waals surface area contributed by atoms with Gasteiger partial charge in [-0.2, -0.15) is 0 Å². The van der Waals surface area contributed by atoms with Gasteiger partial charge in [0.05, 0.1) is 0 Å². The molecule has 1 fully saturated rings. The molecule has 0 aromatic heterocycles. The summed E-state index contributed by atoms with van der Waals surface area (Å²) in [6.07, 6.45) is 3.11. The molecule has 2 aromatic rings. The van der Waals surface area contributed by atoms with Crippen molar-refractivity contribution >= 4 is 12.0 Å². The van der Waals surface area contributed by atoms with Gasteiger partial charge in [-0.05, 0) is 69.5 Å². The van der Waals surface area contributed by atoms with Gasteiger partial charge in [0.15, 0.2) is 0 Å². The number of halogens is 1. The average molecular weight is 442 g/mol. The average Bonchev–Trinajstić information content (AvgIpc) is 2.75. The summed E-state index contributed by atoms with van der Waals surface area (Å²) in [6.45, 7) is 0. The van der Waals surface area contributed by atoms with Crippen LogP contribution in [0.25, 0.3) is 0 Å². The van der Waals surface area contributed by atoms with Crippen LogP contribution in [0.5, 0.6) is 0 Å². The lowest BCUT2D eigenvalue weighted by Gasteiger charge is -2.45. The molecule has 2 amide bonds. The summed E-state index contributed by atoms with van der Waals surface area (Å²) < 4.78 is 13.7. The van der Waals surface area contributed by atoms with Crippen LogP contribution in [-0.4, -0.2) is 53.7 Å². The Labute approximate surface area is 188 Å². The van der Waals surface area contributed by atoms with E-state index in [9.17, 15) is 19.1 Å². The lowest BCUT2D eigenvalue weighted by atomic mass is 9.74. The first kappa shape index (κ1) is 23.7. The molecule has 0 heterocycles. The number of hydrogen-bond acceptors (Lipinski definition) is 3. The summed E-state index contributed by atoms with van der Waals surface area (Å²) in [4.78, 5) is 26.3. The second kappa shape index (κ2) is 10.6. The number of carbonyl (C=O) groups excluding carboxylic acids is 1. The fourth-order valence-electron chi connectivity index (χ4n) is 4.62. The molecule has 0 bridgehead atoms. The number of carbonyl (C=O) groups is 2. The molecule has 32 heavy (non-hydrogen) atoms. The molecule has 3 N–H and O–H groups in total. The Bertz CT molecular complexity index is 912. The van der Waals surface area contributed by atoms with Gasteiger partial charge in [0.25, 0.3) is 0 Å². The maximum absolute atomic E-state index is 13.7. The Morgan fingerprint density at radius 2 is 1.75 bits per heavy atom. The van der Waals surface area contributed by atoms with Gasteiger partial charge in [-0.25, -0.2) is 9.18 Å². The lowest BCUT2D eigenvalue weighted by Crippen LogP contribution is -2.55. The third-order valence-electron chi connectivity index (χ3n) is 6.53. The molecular formula is C25H32FN3O3. The Kier molecular flexibility index (Phi) is 7.85. The minimum atomic E-state index is -1.22. The Morgan fingerprint density at radius 1 is 1.09 bits per heavy atom. The zero-order chi connectivity index (χ0) is 23.1. The molecule has 1 aliphatic rings. The van der Waals surface area contributed by atoms with Crippen LogP contribution in [0.2, 0.25) is 0 Å². The second-order valence-corrected chi connectivity index (χ2v) is 8.90. The number of hydrogen-bond donors (Lipinski definition) is 3. The van der Waals surface area contributed by atoms with E-state index in [1.54, 1.807) is 12.1 Å². The monoisotopic (exact) mass is 441 g/mol. The summed E-state index contributed by atoms with van der Waals surface area (Å²) >= 11 is 0. The number of carboxylic acid groups (broad SMARTS) is 1. The number of benzene rings is 2. The first-order valence-electron chi connectivity index (χ1n) is 11.0. The Balaban J connectivity index is 1.62. The van der Waals surface area contributed by atoms with Crippen molar-refractivity contribution in [2.24, 2.45) is 0 Å². The van der Waals surface area contributed by atoms with Gasteiger partial charge in [-0.1, -0.05) is 42.5 Å². The molecule has 0 aliphatic heterocycles. The number of nitrogens with zero attached hydrogens (tertiary/aromatic N) is 1. The maximum Gasteiger partial charge on any atom is 0.405 e. The Morgan fingerprint density at radius 3 is 2.34 bits per heavy atom. The highest BCUT2D eigenvalue weighted by molar-refractivity contribution is 5.85. The van der Waals surface area contributed by atoms with Gasteiger partial charge >= 0.3 is 6.09 Å². The molecule has 1 unspecified atom stereocenters. The molecule has 172 valence electrons. The van der Waals surface area contributed by atoms with Crippen molar-refractivity contribution in [2.75, 3.05) is 14.1 Å². The van der Waals surface area contributed by atoms with E-state index in [0.29, 0.717) is 6.42 Å². The predicted molar refractivity (Wildman–Crippen MR) is 122 cm³/mol. The molecule has 1 atom stereocenters. The highest BCUT2D eigenvalue weighted by atomic mass is 19.1. The van der Waals surface area contributed by atoms with E-state index in [2.05, 4.69) is 15.5 Å². The standard InChI is InChI=1S/C25H32FN3O3/c1-29(2)25(17-19-9-6-10-20(26)15-19)13-11-21(12-14-25)27-23(30)22(28-24(31)32)16-18-7-4-3-5-8-18/h3-10,15,21-22,28H,11-14,16-17H2,1-2H3,(H,27,30)(H,31,32). The van der Waals surface area contributed by atoms with Crippen molar-refractivity contribution in [3.63, 3.8) is 0 Å². The first-order valence-corrected chi connectivity index (χ1v) is 11.0. The SMILES string of the molecule is CN(C)C1(Cc2cccc(F)c2)CCC(NC(=O)C(Cc2ccccc2)NC(=O)O)CC1. The molecule has 3 rings (SSSR count). The van der Waals surface area contributed by atoms with Crippen LogP contribution in [0.15, 0.2) is 54.6 Å². The zero-order valence-corrected chi connectivity index (χ0v) is 18.7. The van der Waals surface area contributed by atoms with Crippen LogP contribution in [0.1, 0.15) is 36.8 Å². The van der Waals surface area contributed by atoms with Crippen molar-refractivity contribution < 1.29 is 19.1 Å². The van der Waals surface area contributed by atoms with E-state index < -0.39 is 12.1 Å². The zero-order valence-electron chi connectivity index (χ0n) is 18.7. The third-order valence-corrected chi connectivity index (χ3v) is 6.53. The summed E-state index contributed by atoms with van der Waals surface area (Å²) in [5, 5.41) is 14.6. The molecular weight excluding hydrogens is 409 g/mol. The molecule has 0 spiro atoms. The highest BCUT2D eigenvalue weighted by Gasteiger charge is 2.38. The molecule has 1 aliphatic carbocycles. The van der Waals surface area contributed by atoms with Crippen LogP contribution in [0, 0.1) is 5.82 Å². The van der Waals surface area contributed by atoms with Gasteiger partial charge < -0.3 is 20.6 Å². The number of rotatable bonds is 8. The van der Waals surface area contributed by atoms with E-state index in [1.807, 2.05) is 50.5 Å². The molecule has 0 radical (unpaired) electrons. The largest absolute Gasteiger partial charge is 0.465 e. The van der Waals surface area contributed by atoms with E-state index in [1.165, 1.54) is 6.07 Å². The smallest absolute Gasteiger partial charge is 0.405 e. The van der Waals surface area contributed by atoms with Gasteiger partial charge in [-0.3, -0.25) is 4.79 Å². The maximum atomic E-state index is 13.7. The number of likely N-dealkylation sites (N-methyl/N-ethyl adjacent to an activating group) is 1. The van der Waals surface area contributed by atoms with Crippen LogP contribution >= 0.6 is 0 Å².